The van der Waals surface area contributed by atoms with Crippen LogP contribution >= 0.6 is 0 Å². The lowest BCUT2D eigenvalue weighted by atomic mass is 10.1. The predicted molar refractivity (Wildman–Crippen MR) is 121 cm³/mol. The van der Waals surface area contributed by atoms with Gasteiger partial charge >= 0.3 is 0 Å². The molecule has 11 nitrogen and oxygen atoms in total. The van der Waals surface area contributed by atoms with Gasteiger partial charge in [-0.3, -0.25) is 19.7 Å². The molecule has 13 heteroatoms. The summed E-state index contributed by atoms with van der Waals surface area (Å²) in [7, 11) is -4.42. The molecule has 2 aromatic rings. The highest BCUT2D eigenvalue weighted by atomic mass is 32.2. The van der Waals surface area contributed by atoms with Gasteiger partial charge in [-0.15, -0.1) is 0 Å². The van der Waals surface area contributed by atoms with E-state index in [1.54, 1.807) is 0 Å². The van der Waals surface area contributed by atoms with Crippen molar-refractivity contribution in [2.24, 2.45) is 5.73 Å². The number of nitrogens with two attached hydrogens (primary N) is 1. The first kappa shape index (κ1) is 25.5. The number of aromatic amines is 1. The van der Waals surface area contributed by atoms with Crippen LogP contribution in [0.15, 0.2) is 40.2 Å². The van der Waals surface area contributed by atoms with E-state index in [-0.39, 0.29) is 35.1 Å². The number of rotatable bonds is 10. The second kappa shape index (κ2) is 10.7. The van der Waals surface area contributed by atoms with Crippen LogP contribution in [0.4, 0.5) is 15.8 Å². The van der Waals surface area contributed by atoms with Crippen molar-refractivity contribution in [1.82, 2.24) is 10.3 Å². The van der Waals surface area contributed by atoms with Crippen LogP contribution in [0, 0.1) is 18.2 Å². The van der Waals surface area contributed by atoms with Crippen molar-refractivity contribution in [1.29, 1.82) is 5.41 Å². The lowest BCUT2D eigenvalue weighted by molar-refractivity contribution is -0.119. The summed E-state index contributed by atoms with van der Waals surface area (Å²) in [5, 5.41) is 9.73. The quantitative estimate of drug-likeness (QED) is 0.144. The normalized spacial score (nSPS) is 12.0. The number of amides is 1. The number of aryl methyl sites for hydroxylation is 1. The van der Waals surface area contributed by atoms with Crippen LogP contribution in [0.25, 0.3) is 0 Å². The molecule has 1 heterocycles. The summed E-state index contributed by atoms with van der Waals surface area (Å²) in [6.07, 6.45) is 2.20. The molecule has 0 saturated heterocycles. The number of carbonyl (C=O) groups is 2. The van der Waals surface area contributed by atoms with Crippen LogP contribution in [0.2, 0.25) is 0 Å². The van der Waals surface area contributed by atoms with Crippen molar-refractivity contribution in [3.63, 3.8) is 0 Å². The smallest absolute Gasteiger partial charge is 0.274 e. The first-order valence-electron chi connectivity index (χ1n) is 9.81. The molecule has 0 spiro atoms. The van der Waals surface area contributed by atoms with E-state index in [1.807, 2.05) is 0 Å². The highest BCUT2D eigenvalue weighted by Gasteiger charge is 2.28. The van der Waals surface area contributed by atoms with Crippen molar-refractivity contribution in [3.8, 4) is 0 Å². The number of aldehydes is 1. The first-order chi connectivity index (χ1) is 15.5. The molecule has 0 radical (unpaired) electrons. The molecule has 0 saturated carbocycles. The molecule has 1 amide bonds. The molecule has 0 aliphatic rings. The summed E-state index contributed by atoms with van der Waals surface area (Å²) in [5.74, 6) is -1.65. The van der Waals surface area contributed by atoms with Gasteiger partial charge in [-0.25, -0.2) is 12.8 Å². The van der Waals surface area contributed by atoms with Crippen LogP contribution < -0.4 is 26.2 Å². The van der Waals surface area contributed by atoms with Gasteiger partial charge in [0, 0.05) is 19.7 Å². The van der Waals surface area contributed by atoms with E-state index in [9.17, 15) is 27.2 Å². The third-order valence-electron chi connectivity index (χ3n) is 4.69. The van der Waals surface area contributed by atoms with Crippen LogP contribution in [-0.4, -0.2) is 44.1 Å². The highest BCUT2D eigenvalue weighted by Crippen LogP contribution is 2.28. The van der Waals surface area contributed by atoms with Gasteiger partial charge in [0.05, 0.1) is 16.6 Å². The van der Waals surface area contributed by atoms with Gasteiger partial charge in [0.15, 0.2) is 5.96 Å². The molecule has 1 aromatic heterocycles. The van der Waals surface area contributed by atoms with Crippen molar-refractivity contribution in [2.45, 2.75) is 37.6 Å². The number of nitrogens with zero attached hydrogens (tertiary/aromatic N) is 1. The van der Waals surface area contributed by atoms with Crippen LogP contribution in [0.5, 0.6) is 0 Å². The lowest BCUT2D eigenvalue weighted by Gasteiger charge is -2.29. The van der Waals surface area contributed by atoms with E-state index >= 15 is 0 Å². The average Bonchev–Trinajstić information content (AvgIpc) is 2.73. The molecule has 0 aliphatic carbocycles. The van der Waals surface area contributed by atoms with E-state index in [2.05, 4.69) is 15.0 Å². The molecule has 178 valence electrons. The molecular formula is C20H25FN6O5S. The van der Waals surface area contributed by atoms with Gasteiger partial charge in [-0.2, -0.15) is 0 Å². The zero-order valence-corrected chi connectivity index (χ0v) is 18.8. The minimum atomic E-state index is -4.42. The lowest BCUT2D eigenvalue weighted by Crippen LogP contribution is -2.42. The molecule has 6 N–H and O–H groups in total. The number of aromatic nitrogens is 1. The van der Waals surface area contributed by atoms with E-state index in [0.29, 0.717) is 12.7 Å². The molecule has 0 bridgehead atoms. The Kier molecular flexibility index (Phi) is 8.29. The van der Waals surface area contributed by atoms with Gasteiger partial charge in [0.1, 0.15) is 17.8 Å². The third-order valence-corrected chi connectivity index (χ3v) is 6.19. The maximum atomic E-state index is 13.7. The number of pyridine rings is 1. The van der Waals surface area contributed by atoms with E-state index in [4.69, 9.17) is 11.1 Å². The zero-order valence-electron chi connectivity index (χ0n) is 18.0. The Bertz CT molecular complexity index is 1210. The zero-order chi connectivity index (χ0) is 24.8. The van der Waals surface area contributed by atoms with Gasteiger partial charge < -0.3 is 25.7 Å². The SMILES string of the molecule is CC(=O)N(c1cc[nH]c(=O)c1NS(=O)(=O)c1cc(F)ccc1C)[C@H](C=O)CCCNC(=N)N. The number of carbonyl (C=O) groups excluding carboxylic acids is 2. The Morgan fingerprint density at radius 1 is 1.36 bits per heavy atom. The fourth-order valence-electron chi connectivity index (χ4n) is 3.19. The Balaban J connectivity index is 2.48. The van der Waals surface area contributed by atoms with Crippen molar-refractivity contribution in [3.05, 3.63) is 52.2 Å². The number of anilines is 2. The number of guanidine groups is 1. The van der Waals surface area contributed by atoms with E-state index in [1.165, 1.54) is 32.2 Å². The summed E-state index contributed by atoms with van der Waals surface area (Å²) in [5.41, 5.74) is 3.96. The number of nitrogens with one attached hydrogen (secondary N) is 4. The molecule has 0 fully saturated rings. The van der Waals surface area contributed by atoms with Crippen LogP contribution in [0.3, 0.4) is 0 Å². The van der Waals surface area contributed by atoms with Gasteiger partial charge in [0.25, 0.3) is 15.6 Å². The van der Waals surface area contributed by atoms with Gasteiger partial charge in [0.2, 0.25) is 5.91 Å². The monoisotopic (exact) mass is 480 g/mol. The standard InChI is InChI=1S/C20H25FN6O5S/c1-12-5-6-14(21)10-17(12)33(31,32)26-18-16(7-9-24-19(18)30)27(13(2)29)15(11-28)4-3-8-25-20(22)23/h5-7,9-11,15,26H,3-4,8H2,1-2H3,(H,24,30)(H4,22,23,25)/t15-/m0/s1. The molecule has 1 aromatic carbocycles. The van der Waals surface area contributed by atoms with Crippen molar-refractivity contribution in [2.75, 3.05) is 16.2 Å². The van der Waals surface area contributed by atoms with E-state index < -0.39 is 39.0 Å². The summed E-state index contributed by atoms with van der Waals surface area (Å²) in [6, 6.07) is 3.44. The Morgan fingerprint density at radius 2 is 2.06 bits per heavy atom. The Morgan fingerprint density at radius 3 is 2.67 bits per heavy atom. The molecule has 0 aliphatic heterocycles. The predicted octanol–water partition coefficient (Wildman–Crippen LogP) is 0.807. The average molecular weight is 481 g/mol. The van der Waals surface area contributed by atoms with Crippen molar-refractivity contribution < 1.29 is 22.4 Å². The van der Waals surface area contributed by atoms with Crippen LogP contribution in [0.1, 0.15) is 25.3 Å². The second-order valence-electron chi connectivity index (χ2n) is 7.16. The van der Waals surface area contributed by atoms with Gasteiger partial charge in [-0.05, 0) is 43.5 Å². The van der Waals surface area contributed by atoms with E-state index in [0.717, 1.165) is 17.0 Å². The topological polar surface area (TPSA) is 178 Å². The molecular weight excluding hydrogens is 455 g/mol. The fourth-order valence-corrected chi connectivity index (χ4v) is 4.53. The highest BCUT2D eigenvalue weighted by molar-refractivity contribution is 7.92. The largest absolute Gasteiger partial charge is 0.370 e. The number of hydrogen-bond donors (Lipinski definition) is 5. The third kappa shape index (κ3) is 6.38. The first-order valence-corrected chi connectivity index (χ1v) is 11.3. The summed E-state index contributed by atoms with van der Waals surface area (Å²) in [6.45, 7) is 2.89. The Labute approximate surface area is 189 Å². The van der Waals surface area contributed by atoms with Crippen molar-refractivity contribution >= 4 is 39.6 Å². The molecule has 33 heavy (non-hydrogen) atoms. The maximum absolute atomic E-state index is 13.7. The number of sulfonamides is 1. The number of H-pyrrole nitrogens is 1. The number of benzene rings is 1. The molecule has 0 unspecified atom stereocenters. The minimum absolute atomic E-state index is 0.138. The number of halogens is 1. The summed E-state index contributed by atoms with van der Waals surface area (Å²) < 4.78 is 41.7. The minimum Gasteiger partial charge on any atom is -0.370 e. The molecule has 2 rings (SSSR count). The second-order valence-corrected chi connectivity index (χ2v) is 8.81. The van der Waals surface area contributed by atoms with Crippen LogP contribution in [-0.2, 0) is 19.6 Å². The summed E-state index contributed by atoms with van der Waals surface area (Å²) >= 11 is 0. The maximum Gasteiger partial charge on any atom is 0.274 e. The molecule has 1 atom stereocenters. The van der Waals surface area contributed by atoms with Gasteiger partial charge in [-0.1, -0.05) is 6.07 Å². The Hall–Kier alpha value is -3.74. The summed E-state index contributed by atoms with van der Waals surface area (Å²) in [4.78, 5) is 39.7. The fraction of sp³-hybridized carbons (Fsp3) is 0.300. The number of hydrogen-bond acceptors (Lipinski definition) is 6.